The Morgan fingerprint density at radius 3 is 2.31 bits per heavy atom. The minimum Gasteiger partial charge on any atom is -0.368 e. The van der Waals surface area contributed by atoms with Crippen molar-refractivity contribution < 1.29 is 4.79 Å². The van der Waals surface area contributed by atoms with E-state index in [1.807, 2.05) is 4.90 Å². The van der Waals surface area contributed by atoms with Crippen LogP contribution >= 0.6 is 11.3 Å². The minimum atomic E-state index is 0.156. The van der Waals surface area contributed by atoms with Crippen LogP contribution in [-0.2, 0) is 0 Å². The molecule has 0 unspecified atom stereocenters. The number of nitrogens with zero attached hydrogens (tertiary/aromatic N) is 5. The summed E-state index contributed by atoms with van der Waals surface area (Å²) in [5.41, 5.74) is 2.30. The molecule has 2 saturated heterocycles. The van der Waals surface area contributed by atoms with Gasteiger partial charge in [-0.1, -0.05) is 32.0 Å². The van der Waals surface area contributed by atoms with E-state index in [1.54, 1.807) is 6.33 Å². The average Bonchev–Trinajstić information content (AvgIpc) is 3.15. The molecule has 0 spiro atoms. The second-order valence-electron chi connectivity index (χ2n) is 9.40. The third-order valence-corrected chi connectivity index (χ3v) is 7.95. The van der Waals surface area contributed by atoms with Gasteiger partial charge in [-0.25, -0.2) is 9.97 Å². The van der Waals surface area contributed by atoms with Gasteiger partial charge in [0.2, 0.25) is 0 Å². The molecule has 2 aromatic heterocycles. The normalized spacial score (nSPS) is 21.9. The number of carbonyl (C=O) groups is 1. The van der Waals surface area contributed by atoms with Crippen LogP contribution in [0.25, 0.3) is 10.2 Å². The van der Waals surface area contributed by atoms with Crippen LogP contribution in [0.1, 0.15) is 35.5 Å². The first-order valence-electron chi connectivity index (χ1n) is 11.6. The molecule has 4 heterocycles. The van der Waals surface area contributed by atoms with Gasteiger partial charge >= 0.3 is 0 Å². The largest absolute Gasteiger partial charge is 0.368 e. The lowest BCUT2D eigenvalue weighted by molar-refractivity contribution is 0.0627. The molecular formula is C25H31N5OS. The number of piperidine rings is 1. The molecule has 1 aromatic carbocycles. The highest BCUT2D eigenvalue weighted by molar-refractivity contribution is 7.20. The van der Waals surface area contributed by atoms with Crippen molar-refractivity contribution in [3.8, 4) is 0 Å². The zero-order chi connectivity index (χ0) is 22.2. The molecule has 2 atom stereocenters. The van der Waals surface area contributed by atoms with Crippen LogP contribution in [-0.4, -0.2) is 60.0 Å². The fourth-order valence-corrected chi connectivity index (χ4v) is 6.40. The Kier molecular flexibility index (Phi) is 5.76. The molecular weight excluding hydrogens is 418 g/mol. The second kappa shape index (κ2) is 8.70. The Labute approximate surface area is 193 Å². The van der Waals surface area contributed by atoms with Crippen LogP contribution < -0.4 is 9.80 Å². The van der Waals surface area contributed by atoms with Gasteiger partial charge in [-0.05, 0) is 42.9 Å². The topological polar surface area (TPSA) is 52.6 Å². The number of piperazine rings is 1. The number of hydrogen-bond acceptors (Lipinski definition) is 6. The van der Waals surface area contributed by atoms with Gasteiger partial charge in [0, 0.05) is 45.0 Å². The molecule has 7 heteroatoms. The first kappa shape index (κ1) is 21.2. The molecule has 3 aromatic rings. The van der Waals surface area contributed by atoms with Crippen LogP contribution in [0, 0.1) is 18.8 Å². The lowest BCUT2D eigenvalue weighted by Crippen LogP contribution is -2.46. The number of amides is 1. The number of rotatable bonds is 3. The lowest BCUT2D eigenvalue weighted by Gasteiger charge is -2.37. The monoisotopic (exact) mass is 449 g/mol. The summed E-state index contributed by atoms with van der Waals surface area (Å²) in [5.74, 6) is 2.22. The van der Waals surface area contributed by atoms with Crippen molar-refractivity contribution >= 4 is 39.0 Å². The number of aryl methyl sites for hydroxylation is 1. The van der Waals surface area contributed by atoms with Gasteiger partial charge < -0.3 is 14.7 Å². The fourth-order valence-electron chi connectivity index (χ4n) is 5.28. The number of hydrogen-bond donors (Lipinski definition) is 0. The van der Waals surface area contributed by atoms with Crippen molar-refractivity contribution in [1.82, 2.24) is 14.9 Å². The summed E-state index contributed by atoms with van der Waals surface area (Å²) in [4.78, 5) is 31.2. The highest BCUT2D eigenvalue weighted by Gasteiger charge is 2.30. The number of anilines is 2. The molecule has 0 N–H and O–H groups in total. The predicted molar refractivity (Wildman–Crippen MR) is 132 cm³/mol. The van der Waals surface area contributed by atoms with Crippen molar-refractivity contribution in [2.24, 2.45) is 11.8 Å². The highest BCUT2D eigenvalue weighted by Crippen LogP contribution is 2.36. The number of likely N-dealkylation sites (tertiary alicyclic amines) is 1. The number of aromatic nitrogens is 2. The molecule has 0 aliphatic carbocycles. The predicted octanol–water partition coefficient (Wildman–Crippen LogP) is 4.44. The molecule has 6 nitrogen and oxygen atoms in total. The van der Waals surface area contributed by atoms with Gasteiger partial charge in [0.25, 0.3) is 5.91 Å². The van der Waals surface area contributed by atoms with Crippen molar-refractivity contribution in [2.45, 2.75) is 27.2 Å². The Hall–Kier alpha value is -2.67. The number of benzene rings is 1. The number of fused-ring (bicyclic) bond motifs is 1. The average molecular weight is 450 g/mol. The molecule has 0 bridgehead atoms. The van der Waals surface area contributed by atoms with Crippen LogP contribution in [0.2, 0.25) is 0 Å². The summed E-state index contributed by atoms with van der Waals surface area (Å²) in [6.45, 7) is 12.0. The summed E-state index contributed by atoms with van der Waals surface area (Å²) >= 11 is 1.52. The molecule has 2 fully saturated rings. The molecule has 168 valence electrons. The summed E-state index contributed by atoms with van der Waals surface area (Å²) in [6.07, 6.45) is 2.84. The van der Waals surface area contributed by atoms with E-state index in [2.05, 4.69) is 70.9 Å². The Balaban J connectivity index is 1.40. The first-order valence-corrected chi connectivity index (χ1v) is 12.4. The standard InChI is InChI=1S/C25H31N5OS/c1-17-13-18(2)15-30(14-17)25(31)22-19(3)21-23(26-16-27-24(21)32-22)29-11-9-28(10-12-29)20-7-5-4-6-8-20/h4-8,16-18H,9-15H2,1-3H3/t17-,18+. The van der Waals surface area contributed by atoms with Gasteiger partial charge in [-0.15, -0.1) is 11.3 Å². The summed E-state index contributed by atoms with van der Waals surface area (Å²) < 4.78 is 0. The molecule has 0 saturated carbocycles. The van der Waals surface area contributed by atoms with E-state index in [4.69, 9.17) is 0 Å². The SMILES string of the molecule is Cc1c(C(=O)N2C[C@H](C)C[C@H](C)C2)sc2ncnc(N3CCN(c4ccccc4)CC3)c12. The van der Waals surface area contributed by atoms with Crippen molar-refractivity contribution in [3.05, 3.63) is 47.1 Å². The van der Waals surface area contributed by atoms with Gasteiger partial charge in [-0.2, -0.15) is 0 Å². The Morgan fingerprint density at radius 2 is 1.62 bits per heavy atom. The van der Waals surface area contributed by atoms with Crippen molar-refractivity contribution in [2.75, 3.05) is 49.1 Å². The Morgan fingerprint density at radius 1 is 0.969 bits per heavy atom. The molecule has 1 amide bonds. The fraction of sp³-hybridized carbons (Fsp3) is 0.480. The maximum Gasteiger partial charge on any atom is 0.264 e. The van der Waals surface area contributed by atoms with Crippen LogP contribution in [0.5, 0.6) is 0 Å². The Bertz CT molecular complexity index is 1100. The van der Waals surface area contributed by atoms with Crippen LogP contribution in [0.4, 0.5) is 11.5 Å². The second-order valence-corrected chi connectivity index (χ2v) is 10.4. The van der Waals surface area contributed by atoms with Gasteiger partial charge in [0.15, 0.2) is 0 Å². The molecule has 2 aliphatic heterocycles. The van der Waals surface area contributed by atoms with Gasteiger partial charge in [0.1, 0.15) is 17.0 Å². The summed E-state index contributed by atoms with van der Waals surface area (Å²) in [5, 5.41) is 1.05. The van der Waals surface area contributed by atoms with E-state index in [9.17, 15) is 4.79 Å². The quantitative estimate of drug-likeness (QED) is 0.592. The van der Waals surface area contributed by atoms with Crippen LogP contribution in [0.15, 0.2) is 36.7 Å². The van der Waals surface area contributed by atoms with E-state index >= 15 is 0 Å². The third kappa shape index (κ3) is 3.94. The van der Waals surface area contributed by atoms with E-state index in [-0.39, 0.29) is 5.91 Å². The first-order chi connectivity index (χ1) is 15.5. The smallest absolute Gasteiger partial charge is 0.264 e. The molecule has 5 rings (SSSR count). The van der Waals surface area contributed by atoms with E-state index in [0.29, 0.717) is 11.8 Å². The zero-order valence-electron chi connectivity index (χ0n) is 19.1. The summed E-state index contributed by atoms with van der Waals surface area (Å²) in [6, 6.07) is 10.6. The lowest BCUT2D eigenvalue weighted by atomic mass is 9.92. The van der Waals surface area contributed by atoms with Crippen molar-refractivity contribution in [3.63, 3.8) is 0 Å². The highest BCUT2D eigenvalue weighted by atomic mass is 32.1. The third-order valence-electron chi connectivity index (χ3n) is 6.76. The van der Waals surface area contributed by atoms with Crippen LogP contribution in [0.3, 0.4) is 0 Å². The molecule has 32 heavy (non-hydrogen) atoms. The minimum absolute atomic E-state index is 0.156. The van der Waals surface area contributed by atoms with Gasteiger partial charge in [0.05, 0.1) is 10.3 Å². The molecule has 0 radical (unpaired) electrons. The van der Waals surface area contributed by atoms with E-state index in [0.717, 1.165) is 65.7 Å². The van der Waals surface area contributed by atoms with Gasteiger partial charge in [-0.3, -0.25) is 4.79 Å². The van der Waals surface area contributed by atoms with E-state index < -0.39 is 0 Å². The maximum atomic E-state index is 13.4. The van der Waals surface area contributed by atoms with E-state index in [1.165, 1.54) is 23.4 Å². The van der Waals surface area contributed by atoms with Crippen molar-refractivity contribution in [1.29, 1.82) is 0 Å². The number of carbonyl (C=O) groups excluding carboxylic acids is 1. The number of thiophene rings is 1. The maximum absolute atomic E-state index is 13.4. The molecule has 2 aliphatic rings. The summed E-state index contributed by atoms with van der Waals surface area (Å²) in [7, 11) is 0. The number of para-hydroxylation sites is 1. The zero-order valence-corrected chi connectivity index (χ0v) is 19.9.